The first kappa shape index (κ1) is 12.7. The van der Waals surface area contributed by atoms with E-state index in [1.807, 2.05) is 19.9 Å². The normalized spacial score (nSPS) is 10.6. The zero-order chi connectivity index (χ0) is 12.1. The summed E-state index contributed by atoms with van der Waals surface area (Å²) in [6.45, 7) is 12.3. The predicted octanol–water partition coefficient (Wildman–Crippen LogP) is 2.45. The molecule has 0 fully saturated rings. The molecule has 4 heteroatoms. The highest BCUT2D eigenvalue weighted by atomic mass is 15.2. The van der Waals surface area contributed by atoms with Crippen LogP contribution in [0.4, 0.5) is 11.8 Å². The van der Waals surface area contributed by atoms with Crippen molar-refractivity contribution in [2.75, 3.05) is 23.3 Å². The van der Waals surface area contributed by atoms with Gasteiger partial charge < -0.3 is 10.2 Å². The van der Waals surface area contributed by atoms with Crippen molar-refractivity contribution in [3.63, 3.8) is 0 Å². The van der Waals surface area contributed by atoms with Crippen LogP contribution in [-0.4, -0.2) is 29.1 Å². The Morgan fingerprint density at radius 3 is 2.50 bits per heavy atom. The maximum atomic E-state index is 4.52. The summed E-state index contributed by atoms with van der Waals surface area (Å²) >= 11 is 0. The Morgan fingerprint density at radius 2 is 2.00 bits per heavy atom. The highest BCUT2D eigenvalue weighted by molar-refractivity contribution is 5.45. The van der Waals surface area contributed by atoms with Gasteiger partial charge in [0, 0.05) is 30.9 Å². The summed E-state index contributed by atoms with van der Waals surface area (Å²) in [5.41, 5.74) is 1.00. The molecule has 0 saturated heterocycles. The van der Waals surface area contributed by atoms with Gasteiger partial charge in [0.05, 0.1) is 0 Å². The number of aromatic nitrogens is 2. The molecular formula is C12H22N4. The van der Waals surface area contributed by atoms with Crippen molar-refractivity contribution in [1.29, 1.82) is 0 Å². The molecule has 0 aromatic carbocycles. The summed E-state index contributed by atoms with van der Waals surface area (Å²) in [6, 6.07) is 2.48. The molecule has 1 aromatic heterocycles. The van der Waals surface area contributed by atoms with Gasteiger partial charge in [0.25, 0.3) is 0 Å². The maximum Gasteiger partial charge on any atom is 0.224 e. The van der Waals surface area contributed by atoms with Gasteiger partial charge in [-0.25, -0.2) is 4.98 Å². The monoisotopic (exact) mass is 222 g/mol. The molecule has 1 heterocycles. The van der Waals surface area contributed by atoms with Crippen LogP contribution in [0.3, 0.4) is 0 Å². The third kappa shape index (κ3) is 3.08. The molecule has 0 saturated carbocycles. The van der Waals surface area contributed by atoms with Crippen molar-refractivity contribution in [3.05, 3.63) is 11.8 Å². The van der Waals surface area contributed by atoms with E-state index in [9.17, 15) is 0 Å². The first-order valence-corrected chi connectivity index (χ1v) is 5.94. The lowest BCUT2D eigenvalue weighted by Gasteiger charge is -2.26. The van der Waals surface area contributed by atoms with Crippen LogP contribution in [0.1, 0.15) is 33.4 Å². The second-order valence-corrected chi connectivity index (χ2v) is 4.10. The van der Waals surface area contributed by atoms with Gasteiger partial charge in [-0.15, -0.1) is 0 Å². The van der Waals surface area contributed by atoms with Crippen LogP contribution in [0, 0.1) is 6.92 Å². The summed E-state index contributed by atoms with van der Waals surface area (Å²) in [4.78, 5) is 11.1. The van der Waals surface area contributed by atoms with E-state index in [0.717, 1.165) is 30.5 Å². The Hall–Kier alpha value is -1.32. The number of aryl methyl sites for hydroxylation is 1. The minimum Gasteiger partial charge on any atom is -0.354 e. The molecule has 0 aliphatic rings. The summed E-state index contributed by atoms with van der Waals surface area (Å²) in [5, 5.41) is 3.16. The zero-order valence-electron chi connectivity index (χ0n) is 10.9. The van der Waals surface area contributed by atoms with E-state index >= 15 is 0 Å². The Morgan fingerprint density at radius 1 is 1.31 bits per heavy atom. The quantitative estimate of drug-likeness (QED) is 0.831. The number of nitrogens with zero attached hydrogens (tertiary/aromatic N) is 3. The third-order valence-corrected chi connectivity index (χ3v) is 2.43. The summed E-state index contributed by atoms with van der Waals surface area (Å²) < 4.78 is 0. The highest BCUT2D eigenvalue weighted by Gasteiger charge is 2.11. The molecule has 90 valence electrons. The molecule has 0 amide bonds. The third-order valence-electron chi connectivity index (χ3n) is 2.43. The predicted molar refractivity (Wildman–Crippen MR) is 69.1 cm³/mol. The van der Waals surface area contributed by atoms with Crippen molar-refractivity contribution in [1.82, 2.24) is 9.97 Å². The topological polar surface area (TPSA) is 41.1 Å². The van der Waals surface area contributed by atoms with Crippen LogP contribution >= 0.6 is 0 Å². The van der Waals surface area contributed by atoms with Gasteiger partial charge in [-0.3, -0.25) is 0 Å². The molecular weight excluding hydrogens is 200 g/mol. The first-order valence-electron chi connectivity index (χ1n) is 5.94. The molecule has 0 aliphatic carbocycles. The second-order valence-electron chi connectivity index (χ2n) is 4.10. The lowest BCUT2D eigenvalue weighted by atomic mass is 10.3. The average molecular weight is 222 g/mol. The molecule has 0 spiro atoms. The highest BCUT2D eigenvalue weighted by Crippen LogP contribution is 2.16. The van der Waals surface area contributed by atoms with E-state index < -0.39 is 0 Å². The zero-order valence-corrected chi connectivity index (χ0v) is 10.9. The van der Waals surface area contributed by atoms with E-state index in [2.05, 4.69) is 41.0 Å². The molecule has 1 N–H and O–H groups in total. The van der Waals surface area contributed by atoms with Crippen molar-refractivity contribution in [2.45, 2.75) is 40.7 Å². The number of anilines is 2. The molecule has 16 heavy (non-hydrogen) atoms. The molecule has 0 radical (unpaired) electrons. The molecule has 0 aliphatic heterocycles. The number of hydrogen-bond acceptors (Lipinski definition) is 4. The minimum atomic E-state index is 0.453. The Bertz CT molecular complexity index is 336. The van der Waals surface area contributed by atoms with Crippen molar-refractivity contribution < 1.29 is 0 Å². The van der Waals surface area contributed by atoms with Gasteiger partial charge >= 0.3 is 0 Å². The molecule has 0 unspecified atom stereocenters. The minimum absolute atomic E-state index is 0.453. The molecule has 1 rings (SSSR count). The number of rotatable bonds is 5. The molecule has 0 atom stereocenters. The van der Waals surface area contributed by atoms with Gasteiger partial charge in [-0.1, -0.05) is 0 Å². The van der Waals surface area contributed by atoms with Crippen molar-refractivity contribution in [2.24, 2.45) is 0 Å². The van der Waals surface area contributed by atoms with Gasteiger partial charge in [0.1, 0.15) is 5.82 Å². The van der Waals surface area contributed by atoms with Crippen molar-refractivity contribution >= 4 is 11.8 Å². The Labute approximate surface area is 98.1 Å². The van der Waals surface area contributed by atoms with Crippen LogP contribution in [0.25, 0.3) is 0 Å². The second kappa shape index (κ2) is 5.68. The van der Waals surface area contributed by atoms with Crippen LogP contribution in [0.15, 0.2) is 6.07 Å². The van der Waals surface area contributed by atoms with E-state index in [1.54, 1.807) is 0 Å². The van der Waals surface area contributed by atoms with E-state index in [4.69, 9.17) is 0 Å². The lowest BCUT2D eigenvalue weighted by molar-refractivity contribution is 0.691. The average Bonchev–Trinajstić information content (AvgIpc) is 2.17. The fourth-order valence-electron chi connectivity index (χ4n) is 1.73. The van der Waals surface area contributed by atoms with E-state index in [-0.39, 0.29) is 0 Å². The van der Waals surface area contributed by atoms with Gasteiger partial charge in [-0.2, -0.15) is 4.98 Å². The van der Waals surface area contributed by atoms with E-state index in [0.29, 0.717) is 6.04 Å². The van der Waals surface area contributed by atoms with Crippen LogP contribution in [0.5, 0.6) is 0 Å². The molecule has 4 nitrogen and oxygen atoms in total. The maximum absolute atomic E-state index is 4.52. The standard InChI is InChI=1S/C12H22N4/c1-6-13-12-14-10(5)8-11(15-12)16(7-2)9(3)4/h8-9H,6-7H2,1-5H3,(H,13,14,15). The Balaban J connectivity index is 3.02. The van der Waals surface area contributed by atoms with Gasteiger partial charge in [-0.05, 0) is 34.6 Å². The first-order chi connectivity index (χ1) is 7.58. The van der Waals surface area contributed by atoms with Crippen molar-refractivity contribution in [3.8, 4) is 0 Å². The number of hydrogen-bond donors (Lipinski definition) is 1. The molecule has 0 bridgehead atoms. The SMILES string of the molecule is CCNc1nc(C)cc(N(CC)C(C)C)n1. The van der Waals surface area contributed by atoms with Crippen LogP contribution < -0.4 is 10.2 Å². The van der Waals surface area contributed by atoms with Crippen LogP contribution in [0.2, 0.25) is 0 Å². The Kier molecular flexibility index (Phi) is 4.52. The van der Waals surface area contributed by atoms with E-state index in [1.165, 1.54) is 0 Å². The van der Waals surface area contributed by atoms with Gasteiger partial charge in [0.2, 0.25) is 5.95 Å². The summed E-state index contributed by atoms with van der Waals surface area (Å²) in [5.74, 6) is 1.72. The lowest BCUT2D eigenvalue weighted by Crippen LogP contribution is -2.31. The largest absolute Gasteiger partial charge is 0.354 e. The number of nitrogens with one attached hydrogen (secondary N) is 1. The fraction of sp³-hybridized carbons (Fsp3) is 0.667. The summed E-state index contributed by atoms with van der Waals surface area (Å²) in [6.07, 6.45) is 0. The smallest absolute Gasteiger partial charge is 0.224 e. The van der Waals surface area contributed by atoms with Crippen LogP contribution in [-0.2, 0) is 0 Å². The van der Waals surface area contributed by atoms with Gasteiger partial charge in [0.15, 0.2) is 0 Å². The summed E-state index contributed by atoms with van der Waals surface area (Å²) in [7, 11) is 0. The fourth-order valence-corrected chi connectivity index (χ4v) is 1.73. The molecule has 1 aromatic rings.